The number of carbonyl (C=O) groups is 1. The van der Waals surface area contributed by atoms with Crippen LogP contribution >= 0.6 is 27.5 Å². The second-order valence-corrected chi connectivity index (χ2v) is 9.78. The molecule has 0 bridgehead atoms. The van der Waals surface area contributed by atoms with Crippen LogP contribution in [0.1, 0.15) is 34.7 Å². The summed E-state index contributed by atoms with van der Waals surface area (Å²) in [6, 6.07) is 19.5. The number of hydrogen-bond acceptors (Lipinski definition) is 4. The van der Waals surface area contributed by atoms with Gasteiger partial charge in [0.25, 0.3) is 5.91 Å². The molecule has 0 fully saturated rings. The van der Waals surface area contributed by atoms with E-state index in [1.807, 2.05) is 66.5 Å². The largest absolute Gasteiger partial charge is 0.453 e. The van der Waals surface area contributed by atoms with Crippen LogP contribution in [-0.2, 0) is 10.5 Å². The number of likely N-dealkylation sites (N-methyl/N-ethyl adjacent to an activating group) is 1. The maximum atomic E-state index is 13.8. The average molecular weight is 509 g/mol. The molecule has 6 rings (SSSR count). The number of benzene rings is 3. The average Bonchev–Trinajstić information content (AvgIpc) is 3.31. The van der Waals surface area contributed by atoms with Crippen molar-refractivity contribution < 1.29 is 9.53 Å². The Morgan fingerprint density at radius 1 is 1.12 bits per heavy atom. The molecule has 0 N–H and O–H groups in total. The molecule has 3 aliphatic heterocycles. The summed E-state index contributed by atoms with van der Waals surface area (Å²) >= 11 is 9.69. The maximum absolute atomic E-state index is 13.8. The number of amides is 1. The third kappa shape index (κ3) is 2.63. The van der Waals surface area contributed by atoms with Gasteiger partial charge in [-0.3, -0.25) is 4.79 Å². The molecule has 0 saturated heterocycles. The van der Waals surface area contributed by atoms with Crippen LogP contribution in [0, 0.1) is 6.92 Å². The lowest BCUT2D eigenvalue weighted by Gasteiger charge is -2.44. The monoisotopic (exact) mass is 507 g/mol. The van der Waals surface area contributed by atoms with Gasteiger partial charge in [-0.1, -0.05) is 51.3 Å². The van der Waals surface area contributed by atoms with E-state index in [0.29, 0.717) is 17.2 Å². The molecule has 3 heterocycles. The van der Waals surface area contributed by atoms with Gasteiger partial charge in [-0.2, -0.15) is 5.10 Å². The lowest BCUT2D eigenvalue weighted by Crippen LogP contribution is -2.56. The Morgan fingerprint density at radius 3 is 2.69 bits per heavy atom. The summed E-state index contributed by atoms with van der Waals surface area (Å²) in [6.07, 6.45) is 0.661. The molecule has 5 nitrogen and oxygen atoms in total. The fraction of sp³-hybridized carbons (Fsp3) is 0.200. The van der Waals surface area contributed by atoms with Gasteiger partial charge >= 0.3 is 5.72 Å². The van der Waals surface area contributed by atoms with Crippen LogP contribution in [0.5, 0.6) is 5.75 Å². The van der Waals surface area contributed by atoms with Crippen molar-refractivity contribution in [3.63, 3.8) is 0 Å². The number of nitrogens with zero attached hydrogens (tertiary/aromatic N) is 3. The highest BCUT2D eigenvalue weighted by Gasteiger charge is 2.62. The molecule has 0 aromatic heterocycles. The predicted molar refractivity (Wildman–Crippen MR) is 128 cm³/mol. The Kier molecular flexibility index (Phi) is 4.23. The molecular formula is C25H19BrClN3O2. The van der Waals surface area contributed by atoms with Gasteiger partial charge in [0.1, 0.15) is 5.75 Å². The van der Waals surface area contributed by atoms with Crippen LogP contribution < -0.4 is 9.64 Å². The lowest BCUT2D eigenvalue weighted by atomic mass is 9.92. The molecule has 0 unspecified atom stereocenters. The first kappa shape index (κ1) is 19.8. The summed E-state index contributed by atoms with van der Waals surface area (Å²) in [5.74, 6) is 0.566. The summed E-state index contributed by atoms with van der Waals surface area (Å²) in [6.45, 7) is 2.02. The number of carbonyl (C=O) groups excluding carboxylic acids is 1. The van der Waals surface area contributed by atoms with Crippen molar-refractivity contribution in [1.82, 2.24) is 5.01 Å². The number of fused-ring (bicyclic) bond motifs is 6. The zero-order chi connectivity index (χ0) is 22.2. The van der Waals surface area contributed by atoms with E-state index in [4.69, 9.17) is 21.4 Å². The fourth-order valence-corrected chi connectivity index (χ4v) is 5.43. The Labute approximate surface area is 199 Å². The van der Waals surface area contributed by atoms with Gasteiger partial charge in [-0.25, -0.2) is 5.01 Å². The smallest absolute Gasteiger partial charge is 0.306 e. The first-order valence-electron chi connectivity index (χ1n) is 10.4. The topological polar surface area (TPSA) is 45.1 Å². The SMILES string of the molecule is Cc1ccc2c(c1)[C@]1(Oc3ccc(Br)cc3[C@H]3CC(c4ccc(Cl)cc4)=NN31)C(=O)N2C. The highest BCUT2D eigenvalue weighted by atomic mass is 79.9. The van der Waals surface area contributed by atoms with E-state index in [9.17, 15) is 4.79 Å². The summed E-state index contributed by atoms with van der Waals surface area (Å²) in [5, 5.41) is 7.55. The van der Waals surface area contributed by atoms with Gasteiger partial charge in [0.05, 0.1) is 23.0 Å². The van der Waals surface area contributed by atoms with E-state index in [-0.39, 0.29) is 11.9 Å². The zero-order valence-electron chi connectivity index (χ0n) is 17.5. The van der Waals surface area contributed by atoms with Gasteiger partial charge in [0.2, 0.25) is 0 Å². The first-order chi connectivity index (χ1) is 15.4. The molecule has 1 amide bonds. The number of rotatable bonds is 1. The van der Waals surface area contributed by atoms with Crippen LogP contribution in [0.15, 0.2) is 70.2 Å². The second-order valence-electron chi connectivity index (χ2n) is 8.43. The minimum absolute atomic E-state index is 0.134. The summed E-state index contributed by atoms with van der Waals surface area (Å²) in [5.41, 5.74) is 4.29. The van der Waals surface area contributed by atoms with Crippen LogP contribution in [-0.4, -0.2) is 23.7 Å². The van der Waals surface area contributed by atoms with Crippen molar-refractivity contribution in [3.05, 3.63) is 92.4 Å². The van der Waals surface area contributed by atoms with Crippen molar-refractivity contribution in [2.75, 3.05) is 11.9 Å². The molecule has 3 aliphatic rings. The first-order valence-corrected chi connectivity index (χ1v) is 11.6. The van der Waals surface area contributed by atoms with Crippen LogP contribution in [0.2, 0.25) is 5.02 Å². The number of aryl methyl sites for hydroxylation is 1. The van der Waals surface area contributed by atoms with Crippen molar-refractivity contribution in [1.29, 1.82) is 0 Å². The number of anilines is 1. The Hall–Kier alpha value is -2.83. The normalized spacial score (nSPS) is 23.1. The van der Waals surface area contributed by atoms with E-state index in [1.165, 1.54) is 0 Å². The highest BCUT2D eigenvalue weighted by molar-refractivity contribution is 9.10. The molecule has 0 radical (unpaired) electrons. The lowest BCUT2D eigenvalue weighted by molar-refractivity contribution is -0.163. The van der Waals surface area contributed by atoms with Gasteiger partial charge in [-0.05, 0) is 55.0 Å². The van der Waals surface area contributed by atoms with E-state index in [2.05, 4.69) is 22.0 Å². The summed E-state index contributed by atoms with van der Waals surface area (Å²) in [7, 11) is 1.79. The standard InChI is InChI=1S/C25H19BrClN3O2/c1-14-3-9-21-19(11-14)25(24(31)29(21)2)30-22(18-12-16(26)6-10-23(18)32-25)13-20(28-30)15-4-7-17(27)8-5-15/h3-12,22H,13H2,1-2H3/t22-,25+/m1/s1. The molecule has 3 aromatic carbocycles. The minimum Gasteiger partial charge on any atom is -0.453 e. The quantitative estimate of drug-likeness (QED) is 0.418. The molecule has 3 aromatic rings. The Balaban J connectivity index is 1.59. The maximum Gasteiger partial charge on any atom is 0.306 e. The predicted octanol–water partition coefficient (Wildman–Crippen LogP) is 5.78. The number of hydrazone groups is 1. The molecule has 1 spiro atoms. The van der Waals surface area contributed by atoms with Gasteiger partial charge in [0, 0.05) is 28.5 Å². The van der Waals surface area contributed by atoms with E-state index >= 15 is 0 Å². The third-order valence-electron chi connectivity index (χ3n) is 6.47. The highest BCUT2D eigenvalue weighted by Crippen LogP contribution is 2.55. The van der Waals surface area contributed by atoms with Gasteiger partial charge in [0.15, 0.2) is 0 Å². The molecule has 7 heteroatoms. The van der Waals surface area contributed by atoms with Crippen LogP contribution in [0.4, 0.5) is 5.69 Å². The van der Waals surface area contributed by atoms with E-state index in [1.54, 1.807) is 11.9 Å². The van der Waals surface area contributed by atoms with E-state index < -0.39 is 5.72 Å². The van der Waals surface area contributed by atoms with Crippen molar-refractivity contribution in [2.45, 2.75) is 25.1 Å². The van der Waals surface area contributed by atoms with E-state index in [0.717, 1.165) is 38.1 Å². The van der Waals surface area contributed by atoms with Gasteiger partial charge in [-0.15, -0.1) is 0 Å². The Morgan fingerprint density at radius 2 is 1.91 bits per heavy atom. The molecule has 0 saturated carbocycles. The number of ether oxygens (including phenoxy) is 1. The number of halogens is 2. The summed E-state index contributed by atoms with van der Waals surface area (Å²) in [4.78, 5) is 15.5. The zero-order valence-corrected chi connectivity index (χ0v) is 19.8. The van der Waals surface area contributed by atoms with Crippen molar-refractivity contribution >= 4 is 44.8 Å². The summed E-state index contributed by atoms with van der Waals surface area (Å²) < 4.78 is 7.56. The second kappa shape index (κ2) is 6.83. The number of hydrogen-bond donors (Lipinski definition) is 0. The molecule has 32 heavy (non-hydrogen) atoms. The molecule has 2 atom stereocenters. The van der Waals surface area contributed by atoms with Crippen LogP contribution in [0.25, 0.3) is 0 Å². The van der Waals surface area contributed by atoms with Crippen molar-refractivity contribution in [2.24, 2.45) is 5.10 Å². The van der Waals surface area contributed by atoms with Crippen molar-refractivity contribution in [3.8, 4) is 5.75 Å². The molecule has 160 valence electrons. The van der Waals surface area contributed by atoms with Gasteiger partial charge < -0.3 is 9.64 Å². The minimum atomic E-state index is -1.34. The molecule has 0 aliphatic carbocycles. The fourth-order valence-electron chi connectivity index (χ4n) is 4.92. The Bertz CT molecular complexity index is 1320. The third-order valence-corrected chi connectivity index (χ3v) is 7.22. The van der Waals surface area contributed by atoms with Crippen LogP contribution in [0.3, 0.4) is 0 Å². The molecular weight excluding hydrogens is 490 g/mol.